The van der Waals surface area contributed by atoms with Gasteiger partial charge in [-0.2, -0.15) is 23.5 Å². The molecule has 0 bridgehead atoms. The number of fused-ring (bicyclic) bond motifs is 1. The van der Waals surface area contributed by atoms with E-state index in [4.69, 9.17) is 10.00 Å². The summed E-state index contributed by atoms with van der Waals surface area (Å²) in [6.07, 6.45) is -4.71. The maximum absolute atomic E-state index is 13.5. The molecule has 0 saturated carbocycles. The molecule has 0 aliphatic rings. The van der Waals surface area contributed by atoms with Gasteiger partial charge >= 0.3 is 6.18 Å². The van der Waals surface area contributed by atoms with E-state index in [1.807, 2.05) is 0 Å². The number of halogens is 3. The maximum Gasteiger partial charge on any atom is 0.433 e. The third-order valence-corrected chi connectivity index (χ3v) is 3.66. The molecule has 10 heteroatoms. The molecule has 138 valence electrons. The molecule has 0 atom stereocenters. The maximum atomic E-state index is 13.5. The van der Waals surface area contributed by atoms with Gasteiger partial charge in [-0.3, -0.25) is 4.79 Å². The summed E-state index contributed by atoms with van der Waals surface area (Å²) in [6, 6.07) is 10.1. The Bertz CT molecular complexity index is 1040. The van der Waals surface area contributed by atoms with Gasteiger partial charge in [0.05, 0.1) is 18.9 Å². The van der Waals surface area contributed by atoms with Gasteiger partial charge in [-0.05, 0) is 30.3 Å². The van der Waals surface area contributed by atoms with Crippen molar-refractivity contribution in [2.75, 3.05) is 13.7 Å². The first kappa shape index (κ1) is 18.2. The van der Waals surface area contributed by atoms with Crippen LogP contribution in [0.2, 0.25) is 0 Å². The molecule has 2 heterocycles. The monoisotopic (exact) mass is 375 g/mol. The first-order valence-electron chi connectivity index (χ1n) is 7.61. The molecule has 7 nitrogen and oxygen atoms in total. The quantitative estimate of drug-likeness (QED) is 0.708. The fourth-order valence-electron chi connectivity index (χ4n) is 2.41. The van der Waals surface area contributed by atoms with Gasteiger partial charge in [-0.1, -0.05) is 0 Å². The van der Waals surface area contributed by atoms with Gasteiger partial charge in [0.2, 0.25) is 0 Å². The highest BCUT2D eigenvalue weighted by Crippen LogP contribution is 2.32. The van der Waals surface area contributed by atoms with E-state index in [-0.39, 0.29) is 23.6 Å². The van der Waals surface area contributed by atoms with E-state index in [1.54, 1.807) is 30.3 Å². The molecule has 2 aromatic heterocycles. The van der Waals surface area contributed by atoms with E-state index in [0.717, 1.165) is 12.1 Å². The Balaban J connectivity index is 2.13. The second-order valence-corrected chi connectivity index (χ2v) is 5.39. The number of nitriles is 1. The number of aromatic nitrogens is 3. The Hall–Kier alpha value is -3.61. The zero-order valence-corrected chi connectivity index (χ0v) is 13.9. The van der Waals surface area contributed by atoms with Crippen molar-refractivity contribution >= 4 is 11.6 Å². The lowest BCUT2D eigenvalue weighted by Gasteiger charge is -2.11. The molecule has 0 unspecified atom stereocenters. The lowest BCUT2D eigenvalue weighted by atomic mass is 10.1. The van der Waals surface area contributed by atoms with Crippen molar-refractivity contribution in [3.05, 3.63) is 47.8 Å². The molecule has 0 saturated heterocycles. The number of hydrogen-bond donors (Lipinski definition) is 1. The molecule has 3 rings (SSSR count). The predicted molar refractivity (Wildman–Crippen MR) is 87.9 cm³/mol. The zero-order valence-electron chi connectivity index (χ0n) is 13.9. The summed E-state index contributed by atoms with van der Waals surface area (Å²) < 4.78 is 46.1. The highest BCUT2D eigenvalue weighted by atomic mass is 19.4. The topological polar surface area (TPSA) is 92.3 Å². The first-order chi connectivity index (χ1) is 12.8. The Morgan fingerprint density at radius 3 is 2.59 bits per heavy atom. The third-order valence-electron chi connectivity index (χ3n) is 3.66. The summed E-state index contributed by atoms with van der Waals surface area (Å²) in [5, 5.41) is 14.4. The van der Waals surface area contributed by atoms with Gasteiger partial charge in [-0.15, -0.1) is 0 Å². The lowest BCUT2D eigenvalue weighted by Crippen LogP contribution is -2.24. The fourth-order valence-corrected chi connectivity index (χ4v) is 2.41. The average molecular weight is 375 g/mol. The van der Waals surface area contributed by atoms with Crippen LogP contribution in [0, 0.1) is 11.3 Å². The molecule has 0 fully saturated rings. The minimum absolute atomic E-state index is 0.0707. The standard InChI is InChI=1S/C17H12F3N5O2/c1-27-11-4-2-10(3-5-11)12-8-14(17(18,19)20)25-15(23-12)9-13(24-25)16(26)22-7-6-21/h2-5,8-9H,7H2,1H3,(H,22,26). The Kier molecular flexibility index (Phi) is 4.68. The molecule has 0 aliphatic carbocycles. The number of nitrogens with zero attached hydrogens (tertiary/aromatic N) is 4. The second kappa shape index (κ2) is 6.95. The van der Waals surface area contributed by atoms with Crippen LogP contribution in [0.1, 0.15) is 16.2 Å². The molecule has 0 radical (unpaired) electrons. The van der Waals surface area contributed by atoms with Crippen molar-refractivity contribution in [3.63, 3.8) is 0 Å². The van der Waals surface area contributed by atoms with E-state index in [2.05, 4.69) is 15.4 Å². The van der Waals surface area contributed by atoms with Gasteiger partial charge < -0.3 is 10.1 Å². The predicted octanol–water partition coefficient (Wildman–Crippen LogP) is 2.68. The number of alkyl halides is 3. The summed E-state index contributed by atoms with van der Waals surface area (Å²) in [4.78, 5) is 16.1. The van der Waals surface area contributed by atoms with Crippen LogP contribution >= 0.6 is 0 Å². The minimum Gasteiger partial charge on any atom is -0.497 e. The number of amides is 1. The Labute approximate surface area is 151 Å². The number of carbonyl (C=O) groups excluding carboxylic acids is 1. The van der Waals surface area contributed by atoms with Gasteiger partial charge in [0.25, 0.3) is 5.91 Å². The summed E-state index contributed by atoms with van der Waals surface area (Å²) >= 11 is 0. The van der Waals surface area contributed by atoms with Crippen LogP contribution in [-0.2, 0) is 6.18 Å². The van der Waals surface area contributed by atoms with Crippen LogP contribution in [-0.4, -0.2) is 34.2 Å². The first-order valence-corrected chi connectivity index (χ1v) is 7.61. The summed E-state index contributed by atoms with van der Waals surface area (Å²) in [5.74, 6) is -0.210. The number of rotatable bonds is 4. The molecule has 1 N–H and O–H groups in total. The summed E-state index contributed by atoms with van der Waals surface area (Å²) in [7, 11) is 1.48. The molecular weight excluding hydrogens is 363 g/mol. The van der Waals surface area contributed by atoms with Gasteiger partial charge in [0, 0.05) is 11.6 Å². The van der Waals surface area contributed by atoms with Crippen molar-refractivity contribution in [2.45, 2.75) is 6.18 Å². The zero-order chi connectivity index (χ0) is 19.6. The van der Waals surface area contributed by atoms with Crippen molar-refractivity contribution in [1.82, 2.24) is 19.9 Å². The van der Waals surface area contributed by atoms with E-state index < -0.39 is 17.8 Å². The SMILES string of the molecule is COc1ccc(-c2cc(C(F)(F)F)n3nc(C(=O)NCC#N)cc3n2)cc1. The molecule has 3 aromatic rings. The molecule has 27 heavy (non-hydrogen) atoms. The molecule has 0 spiro atoms. The van der Waals surface area contributed by atoms with Crippen molar-refractivity contribution in [3.8, 4) is 23.1 Å². The fraction of sp³-hybridized carbons (Fsp3) is 0.176. The van der Waals surface area contributed by atoms with Gasteiger partial charge in [0.15, 0.2) is 17.0 Å². The number of methoxy groups -OCH3 is 1. The van der Waals surface area contributed by atoms with E-state index in [1.165, 1.54) is 7.11 Å². The highest BCUT2D eigenvalue weighted by molar-refractivity contribution is 5.93. The Morgan fingerprint density at radius 1 is 1.30 bits per heavy atom. The van der Waals surface area contributed by atoms with Gasteiger partial charge in [-0.25, -0.2) is 9.50 Å². The van der Waals surface area contributed by atoms with E-state index >= 15 is 0 Å². The number of hydrogen-bond acceptors (Lipinski definition) is 5. The van der Waals surface area contributed by atoms with Gasteiger partial charge in [0.1, 0.15) is 12.3 Å². The number of nitrogens with one attached hydrogen (secondary N) is 1. The Morgan fingerprint density at radius 2 is 2.00 bits per heavy atom. The number of ether oxygens (including phenoxy) is 1. The van der Waals surface area contributed by atoms with Crippen molar-refractivity contribution < 1.29 is 22.7 Å². The van der Waals surface area contributed by atoms with Crippen molar-refractivity contribution in [1.29, 1.82) is 5.26 Å². The van der Waals surface area contributed by atoms with Crippen LogP contribution in [0.5, 0.6) is 5.75 Å². The van der Waals surface area contributed by atoms with Crippen LogP contribution in [0.15, 0.2) is 36.4 Å². The minimum atomic E-state index is -4.71. The number of carbonyl (C=O) groups is 1. The van der Waals surface area contributed by atoms with Crippen LogP contribution in [0.25, 0.3) is 16.9 Å². The molecule has 1 amide bonds. The van der Waals surface area contributed by atoms with Crippen LogP contribution in [0.4, 0.5) is 13.2 Å². The number of benzene rings is 1. The highest BCUT2D eigenvalue weighted by Gasteiger charge is 2.35. The van der Waals surface area contributed by atoms with Crippen molar-refractivity contribution in [2.24, 2.45) is 0 Å². The second-order valence-electron chi connectivity index (χ2n) is 5.39. The summed E-state index contributed by atoms with van der Waals surface area (Å²) in [6.45, 7) is -0.288. The molecule has 0 aliphatic heterocycles. The van der Waals surface area contributed by atoms with Crippen LogP contribution in [0.3, 0.4) is 0 Å². The lowest BCUT2D eigenvalue weighted by molar-refractivity contribution is -0.142. The molecule has 1 aromatic carbocycles. The van der Waals surface area contributed by atoms with E-state index in [0.29, 0.717) is 15.8 Å². The van der Waals surface area contributed by atoms with E-state index in [9.17, 15) is 18.0 Å². The smallest absolute Gasteiger partial charge is 0.433 e. The molecular formula is C17H12F3N5O2. The average Bonchev–Trinajstić information content (AvgIpc) is 3.08. The van der Waals surface area contributed by atoms with Crippen LogP contribution < -0.4 is 10.1 Å². The third kappa shape index (κ3) is 3.67. The largest absolute Gasteiger partial charge is 0.497 e. The normalized spacial score (nSPS) is 11.2. The summed E-state index contributed by atoms with van der Waals surface area (Å²) in [5.41, 5.74) is -0.965.